The van der Waals surface area contributed by atoms with E-state index in [1.54, 1.807) is 60.4 Å². The maximum atomic E-state index is 15.0. The topological polar surface area (TPSA) is 148 Å². The summed E-state index contributed by atoms with van der Waals surface area (Å²) in [7, 11) is 3.41. The van der Waals surface area contributed by atoms with Gasteiger partial charge in [-0.25, -0.2) is 19.2 Å². The van der Waals surface area contributed by atoms with E-state index in [-0.39, 0.29) is 28.7 Å². The molecule has 1 fully saturated rings. The van der Waals surface area contributed by atoms with E-state index >= 15 is 4.39 Å². The highest BCUT2D eigenvalue weighted by Gasteiger charge is 2.26. The number of nitrogens with zero attached hydrogens (tertiary/aromatic N) is 6. The molecule has 0 spiro atoms. The number of anilines is 1. The standard InChI is InChI=1S/C37H39FN8O4/c1-37(2,3)23-7-8-26(29(38)18-23)34(48)43-33-28(21-47)25(11-13-40-33)24-10-12-39-32-27(24)19-31(42-32)30-9-6-22(20-41-30)35(49)45-14-16-46(17-15-45)36(50)44(4)5/h6-13,18-20,47H,14-17,21H2,1-5H3,(H,39,42)(H,40,43,48). The molecular formula is C37H39FN8O4. The molecule has 1 aliphatic heterocycles. The summed E-state index contributed by atoms with van der Waals surface area (Å²) < 4.78 is 15.0. The van der Waals surface area contributed by atoms with E-state index in [4.69, 9.17) is 0 Å². The first kappa shape index (κ1) is 34.2. The number of rotatable bonds is 6. The molecular weight excluding hydrogens is 639 g/mol. The number of urea groups is 1. The molecule has 0 aliphatic carbocycles. The third-order valence-corrected chi connectivity index (χ3v) is 8.85. The molecule has 4 amide bonds. The van der Waals surface area contributed by atoms with Gasteiger partial charge in [-0.1, -0.05) is 26.8 Å². The highest BCUT2D eigenvalue weighted by atomic mass is 19.1. The Morgan fingerprint density at radius 2 is 1.62 bits per heavy atom. The number of aliphatic hydroxyl groups excluding tert-OH is 1. The van der Waals surface area contributed by atoms with Crippen molar-refractivity contribution >= 4 is 34.7 Å². The van der Waals surface area contributed by atoms with Crippen LogP contribution in [0.5, 0.6) is 0 Å². The number of amides is 4. The fourth-order valence-electron chi connectivity index (χ4n) is 6.00. The molecule has 6 rings (SSSR count). The zero-order chi connectivity index (χ0) is 35.7. The second kappa shape index (κ2) is 13.7. The fraction of sp³-hybridized carbons (Fsp3) is 0.297. The Hall–Kier alpha value is -5.69. The minimum Gasteiger partial charge on any atom is -0.392 e. The van der Waals surface area contributed by atoms with E-state index < -0.39 is 18.3 Å². The van der Waals surface area contributed by atoms with Crippen LogP contribution in [0, 0.1) is 5.82 Å². The number of carbonyl (C=O) groups is 3. The van der Waals surface area contributed by atoms with Crippen LogP contribution in [0.15, 0.2) is 67.1 Å². The highest BCUT2D eigenvalue weighted by Crippen LogP contribution is 2.35. The predicted octanol–water partition coefficient (Wildman–Crippen LogP) is 5.31. The van der Waals surface area contributed by atoms with Crippen molar-refractivity contribution in [1.82, 2.24) is 34.6 Å². The van der Waals surface area contributed by atoms with Crippen molar-refractivity contribution < 1.29 is 23.9 Å². The molecule has 13 heteroatoms. The smallest absolute Gasteiger partial charge is 0.319 e. The summed E-state index contributed by atoms with van der Waals surface area (Å²) in [6, 6.07) is 13.4. The molecule has 50 heavy (non-hydrogen) atoms. The SMILES string of the molecule is CN(C)C(=O)N1CCN(C(=O)c2ccc(-c3cc4c(-c5ccnc(NC(=O)c6ccc(C(C)(C)C)cc6F)c5CO)ccnc4[nH]3)nc2)CC1. The van der Waals surface area contributed by atoms with Gasteiger partial charge in [0.2, 0.25) is 0 Å². The Kier molecular flexibility index (Phi) is 9.35. The molecule has 258 valence electrons. The number of carbonyl (C=O) groups excluding carboxylic acids is 3. The first-order valence-electron chi connectivity index (χ1n) is 16.3. The van der Waals surface area contributed by atoms with Crippen LogP contribution in [0.3, 0.4) is 0 Å². The number of hydrogen-bond acceptors (Lipinski definition) is 7. The number of aliphatic hydroxyl groups is 1. The second-order valence-electron chi connectivity index (χ2n) is 13.4. The Labute approximate surface area is 289 Å². The number of fused-ring (bicyclic) bond motifs is 1. The maximum absolute atomic E-state index is 15.0. The van der Waals surface area contributed by atoms with Crippen LogP contribution >= 0.6 is 0 Å². The van der Waals surface area contributed by atoms with Crippen molar-refractivity contribution in [3.63, 3.8) is 0 Å². The molecule has 0 saturated carbocycles. The maximum Gasteiger partial charge on any atom is 0.319 e. The van der Waals surface area contributed by atoms with Crippen molar-refractivity contribution in [3.8, 4) is 22.5 Å². The number of halogens is 1. The summed E-state index contributed by atoms with van der Waals surface area (Å²) in [5, 5.41) is 13.9. The molecule has 0 radical (unpaired) electrons. The van der Waals surface area contributed by atoms with Crippen LogP contribution in [-0.2, 0) is 12.0 Å². The molecule has 3 N–H and O–H groups in total. The van der Waals surface area contributed by atoms with Gasteiger partial charge in [0.1, 0.15) is 17.3 Å². The molecule has 0 unspecified atom stereocenters. The van der Waals surface area contributed by atoms with Gasteiger partial charge in [-0.05, 0) is 64.6 Å². The van der Waals surface area contributed by atoms with Gasteiger partial charge >= 0.3 is 6.03 Å². The predicted molar refractivity (Wildman–Crippen MR) is 188 cm³/mol. The summed E-state index contributed by atoms with van der Waals surface area (Å²) in [5.41, 5.74) is 4.31. The number of pyridine rings is 3. The number of H-pyrrole nitrogens is 1. The monoisotopic (exact) mass is 678 g/mol. The molecule has 5 aromatic rings. The lowest BCUT2D eigenvalue weighted by Gasteiger charge is -2.35. The van der Waals surface area contributed by atoms with Crippen LogP contribution in [0.25, 0.3) is 33.5 Å². The molecule has 12 nitrogen and oxygen atoms in total. The van der Waals surface area contributed by atoms with Crippen molar-refractivity contribution in [1.29, 1.82) is 0 Å². The summed E-state index contributed by atoms with van der Waals surface area (Å²) in [6.45, 7) is 7.26. The third kappa shape index (κ3) is 6.77. The van der Waals surface area contributed by atoms with Gasteiger partial charge in [0.05, 0.1) is 29.1 Å². The average molecular weight is 679 g/mol. The largest absolute Gasteiger partial charge is 0.392 e. The summed E-state index contributed by atoms with van der Waals surface area (Å²) in [4.78, 5) is 60.2. The first-order chi connectivity index (χ1) is 23.8. The van der Waals surface area contributed by atoms with E-state index in [0.29, 0.717) is 59.9 Å². The Morgan fingerprint density at radius 3 is 2.26 bits per heavy atom. The van der Waals surface area contributed by atoms with Crippen LogP contribution in [0.2, 0.25) is 0 Å². The molecule has 1 aliphatic rings. The number of aromatic amines is 1. The van der Waals surface area contributed by atoms with Gasteiger partial charge in [0.25, 0.3) is 11.8 Å². The Bertz CT molecular complexity index is 2080. The number of aromatic nitrogens is 4. The van der Waals surface area contributed by atoms with Crippen molar-refractivity contribution in [2.75, 3.05) is 45.6 Å². The lowest BCUT2D eigenvalue weighted by molar-refractivity contribution is 0.0649. The third-order valence-electron chi connectivity index (χ3n) is 8.85. The summed E-state index contributed by atoms with van der Waals surface area (Å²) in [6.07, 6.45) is 4.68. The van der Waals surface area contributed by atoms with Crippen molar-refractivity contribution in [2.24, 2.45) is 0 Å². The van der Waals surface area contributed by atoms with E-state index in [1.807, 2.05) is 26.8 Å². The van der Waals surface area contributed by atoms with E-state index in [0.717, 1.165) is 16.5 Å². The fourth-order valence-corrected chi connectivity index (χ4v) is 6.00. The van der Waals surface area contributed by atoms with Gasteiger partial charge < -0.3 is 30.1 Å². The lowest BCUT2D eigenvalue weighted by Crippen LogP contribution is -2.52. The number of nitrogens with one attached hydrogen (secondary N) is 2. The zero-order valence-corrected chi connectivity index (χ0v) is 28.6. The van der Waals surface area contributed by atoms with Gasteiger partial charge in [0.15, 0.2) is 0 Å². The quantitative estimate of drug-likeness (QED) is 0.221. The van der Waals surface area contributed by atoms with E-state index in [2.05, 4.69) is 25.3 Å². The van der Waals surface area contributed by atoms with Crippen molar-refractivity contribution in [3.05, 3.63) is 95.2 Å². The van der Waals surface area contributed by atoms with Gasteiger partial charge in [-0.3, -0.25) is 14.6 Å². The van der Waals surface area contributed by atoms with Crippen LogP contribution < -0.4 is 5.32 Å². The van der Waals surface area contributed by atoms with Gasteiger partial charge in [-0.2, -0.15) is 0 Å². The molecule has 5 heterocycles. The lowest BCUT2D eigenvalue weighted by atomic mass is 9.86. The van der Waals surface area contributed by atoms with Crippen molar-refractivity contribution in [2.45, 2.75) is 32.8 Å². The normalized spacial score (nSPS) is 13.4. The first-order valence-corrected chi connectivity index (χ1v) is 16.3. The number of hydrogen-bond donors (Lipinski definition) is 3. The minimum absolute atomic E-state index is 0.0719. The number of benzene rings is 1. The van der Waals surface area contributed by atoms with Gasteiger partial charge in [-0.15, -0.1) is 0 Å². The van der Waals surface area contributed by atoms with Gasteiger partial charge in [0, 0.05) is 69.8 Å². The molecule has 4 aromatic heterocycles. The highest BCUT2D eigenvalue weighted by molar-refractivity contribution is 6.05. The zero-order valence-electron chi connectivity index (χ0n) is 28.6. The Morgan fingerprint density at radius 1 is 0.920 bits per heavy atom. The second-order valence-corrected chi connectivity index (χ2v) is 13.4. The molecule has 1 saturated heterocycles. The van der Waals surface area contributed by atoms with E-state index in [1.165, 1.54) is 29.4 Å². The molecule has 1 aromatic carbocycles. The summed E-state index contributed by atoms with van der Waals surface area (Å²) in [5.74, 6) is -1.36. The number of piperazine rings is 1. The summed E-state index contributed by atoms with van der Waals surface area (Å²) >= 11 is 0. The van der Waals surface area contributed by atoms with Crippen LogP contribution in [0.1, 0.15) is 52.6 Å². The van der Waals surface area contributed by atoms with Crippen LogP contribution in [0.4, 0.5) is 15.0 Å². The van der Waals surface area contributed by atoms with E-state index in [9.17, 15) is 19.5 Å². The molecule has 0 bridgehead atoms. The Balaban J connectivity index is 1.23. The average Bonchev–Trinajstić information content (AvgIpc) is 3.55. The van der Waals surface area contributed by atoms with Crippen LogP contribution in [-0.4, -0.2) is 97.9 Å². The molecule has 0 atom stereocenters. The minimum atomic E-state index is -0.680.